The van der Waals surface area contributed by atoms with Crippen LogP contribution in [0, 0.1) is 12.3 Å². The fraction of sp³-hybridized carbons (Fsp3) is 0.111. The first-order chi connectivity index (χ1) is 8.72. The monoisotopic (exact) mass is 232 g/mol. The Balaban J connectivity index is 2.65. The van der Waals surface area contributed by atoms with Gasteiger partial charge in [0.05, 0.1) is 0 Å². The second-order valence-electron chi connectivity index (χ2n) is 4.50. The van der Waals surface area contributed by atoms with Crippen LogP contribution in [0.2, 0.25) is 0 Å². The average Bonchev–Trinajstić information content (AvgIpc) is 2.39. The van der Waals surface area contributed by atoms with Crippen molar-refractivity contribution in [3.05, 3.63) is 65.2 Å². The number of hydrogen-bond donors (Lipinski definition) is 0. The molecule has 0 atom stereocenters. The molecule has 0 nitrogen and oxygen atoms in total. The van der Waals surface area contributed by atoms with Crippen LogP contribution in [0.15, 0.2) is 54.1 Å². The fourth-order valence-corrected chi connectivity index (χ4v) is 2.02. The molecule has 0 saturated carbocycles. The van der Waals surface area contributed by atoms with Gasteiger partial charge in [-0.2, -0.15) is 0 Å². The summed E-state index contributed by atoms with van der Waals surface area (Å²) in [7, 11) is 0. The highest BCUT2D eigenvalue weighted by Crippen LogP contribution is 2.28. The van der Waals surface area contributed by atoms with Gasteiger partial charge in [-0.1, -0.05) is 60.0 Å². The van der Waals surface area contributed by atoms with Gasteiger partial charge in [-0.15, -0.1) is 6.42 Å². The molecular weight excluding hydrogens is 216 g/mol. The standard InChI is InChI=1S/C18H16/c1-4-15-9-5-7-11-17(15)18-12-8-6-10-16(18)13-14(2)3/h1,5-13H,2-3H3. The van der Waals surface area contributed by atoms with Gasteiger partial charge < -0.3 is 0 Å². The third-order valence-corrected chi connectivity index (χ3v) is 2.78. The molecule has 0 heterocycles. The fourth-order valence-electron chi connectivity index (χ4n) is 2.02. The van der Waals surface area contributed by atoms with Gasteiger partial charge >= 0.3 is 0 Å². The van der Waals surface area contributed by atoms with Gasteiger partial charge in [0.25, 0.3) is 0 Å². The topological polar surface area (TPSA) is 0 Å². The van der Waals surface area contributed by atoms with Crippen LogP contribution in [-0.4, -0.2) is 0 Å². The minimum Gasteiger partial charge on any atom is -0.115 e. The van der Waals surface area contributed by atoms with E-state index in [1.54, 1.807) is 0 Å². The van der Waals surface area contributed by atoms with Crippen molar-refractivity contribution in [1.29, 1.82) is 0 Å². The zero-order chi connectivity index (χ0) is 13.0. The molecule has 0 fully saturated rings. The van der Waals surface area contributed by atoms with Crippen LogP contribution in [0.4, 0.5) is 0 Å². The Labute approximate surface area is 109 Å². The number of allylic oxidation sites excluding steroid dienone is 1. The zero-order valence-corrected chi connectivity index (χ0v) is 10.8. The molecule has 88 valence electrons. The lowest BCUT2D eigenvalue weighted by Gasteiger charge is -2.09. The van der Waals surface area contributed by atoms with Crippen molar-refractivity contribution in [2.24, 2.45) is 0 Å². The Morgan fingerprint density at radius 3 is 2.22 bits per heavy atom. The Morgan fingerprint density at radius 1 is 0.944 bits per heavy atom. The van der Waals surface area contributed by atoms with Gasteiger partial charge in [-0.05, 0) is 36.6 Å². The first-order valence-electron chi connectivity index (χ1n) is 6.02. The van der Waals surface area contributed by atoms with Gasteiger partial charge in [-0.3, -0.25) is 0 Å². The Hall–Kier alpha value is -2.26. The number of hydrogen-bond acceptors (Lipinski definition) is 0. The van der Waals surface area contributed by atoms with Crippen molar-refractivity contribution in [1.82, 2.24) is 0 Å². The number of terminal acetylenes is 1. The van der Waals surface area contributed by atoms with E-state index in [4.69, 9.17) is 6.42 Å². The first-order valence-corrected chi connectivity index (χ1v) is 6.02. The van der Waals surface area contributed by atoms with E-state index in [2.05, 4.69) is 50.1 Å². The van der Waals surface area contributed by atoms with E-state index in [9.17, 15) is 0 Å². The zero-order valence-electron chi connectivity index (χ0n) is 10.8. The van der Waals surface area contributed by atoms with Gasteiger partial charge in [0, 0.05) is 5.56 Å². The summed E-state index contributed by atoms with van der Waals surface area (Å²) < 4.78 is 0. The highest BCUT2D eigenvalue weighted by atomic mass is 14.1. The molecule has 0 heteroatoms. The van der Waals surface area contributed by atoms with Crippen LogP contribution in [0.25, 0.3) is 17.2 Å². The second-order valence-corrected chi connectivity index (χ2v) is 4.50. The number of benzene rings is 2. The van der Waals surface area contributed by atoms with E-state index >= 15 is 0 Å². The molecule has 0 aliphatic rings. The summed E-state index contributed by atoms with van der Waals surface area (Å²) in [4.78, 5) is 0. The van der Waals surface area contributed by atoms with Gasteiger partial charge in [0.1, 0.15) is 0 Å². The lowest BCUT2D eigenvalue weighted by atomic mass is 9.95. The van der Waals surface area contributed by atoms with Crippen LogP contribution in [0.5, 0.6) is 0 Å². The van der Waals surface area contributed by atoms with E-state index in [1.165, 1.54) is 16.7 Å². The van der Waals surface area contributed by atoms with E-state index < -0.39 is 0 Å². The predicted octanol–water partition coefficient (Wildman–Crippen LogP) is 4.76. The molecular formula is C18H16. The molecule has 0 unspecified atom stereocenters. The maximum Gasteiger partial charge on any atom is 0.0321 e. The average molecular weight is 232 g/mol. The maximum absolute atomic E-state index is 5.57. The Morgan fingerprint density at radius 2 is 1.56 bits per heavy atom. The summed E-state index contributed by atoms with van der Waals surface area (Å²) in [6, 6.07) is 16.4. The normalized spacial score (nSPS) is 9.61. The highest BCUT2D eigenvalue weighted by Gasteiger charge is 2.05. The molecule has 2 rings (SSSR count). The third kappa shape index (κ3) is 2.52. The summed E-state index contributed by atoms with van der Waals surface area (Å²) in [6.45, 7) is 4.20. The third-order valence-electron chi connectivity index (χ3n) is 2.78. The SMILES string of the molecule is C#Cc1ccccc1-c1ccccc1C=C(C)C. The van der Waals surface area contributed by atoms with Crippen LogP contribution in [0.3, 0.4) is 0 Å². The van der Waals surface area contributed by atoms with Crippen molar-refractivity contribution < 1.29 is 0 Å². The highest BCUT2D eigenvalue weighted by molar-refractivity contribution is 5.79. The molecule has 0 radical (unpaired) electrons. The van der Waals surface area contributed by atoms with Crippen LogP contribution < -0.4 is 0 Å². The van der Waals surface area contributed by atoms with Gasteiger partial charge in [0.15, 0.2) is 0 Å². The van der Waals surface area contributed by atoms with Crippen LogP contribution in [-0.2, 0) is 0 Å². The van der Waals surface area contributed by atoms with E-state index in [0.29, 0.717) is 0 Å². The first kappa shape index (κ1) is 12.2. The van der Waals surface area contributed by atoms with Crippen LogP contribution >= 0.6 is 0 Å². The van der Waals surface area contributed by atoms with E-state index in [0.717, 1.165) is 11.1 Å². The summed E-state index contributed by atoms with van der Waals surface area (Å²) in [5, 5.41) is 0. The van der Waals surface area contributed by atoms with E-state index in [1.807, 2.05) is 24.3 Å². The molecule has 0 N–H and O–H groups in total. The molecule has 18 heavy (non-hydrogen) atoms. The smallest absolute Gasteiger partial charge is 0.0321 e. The number of rotatable bonds is 2. The molecule has 2 aromatic carbocycles. The quantitative estimate of drug-likeness (QED) is 0.655. The predicted molar refractivity (Wildman–Crippen MR) is 79.1 cm³/mol. The Kier molecular flexibility index (Phi) is 3.65. The molecule has 0 bridgehead atoms. The van der Waals surface area contributed by atoms with Crippen molar-refractivity contribution in [2.45, 2.75) is 13.8 Å². The maximum atomic E-state index is 5.57. The minimum atomic E-state index is 0.937. The molecule has 2 aromatic rings. The largest absolute Gasteiger partial charge is 0.115 e. The van der Waals surface area contributed by atoms with Gasteiger partial charge in [0.2, 0.25) is 0 Å². The summed E-state index contributed by atoms with van der Waals surface area (Å²) in [6.07, 6.45) is 7.76. The molecule has 0 aliphatic heterocycles. The summed E-state index contributed by atoms with van der Waals surface area (Å²) in [5.74, 6) is 2.75. The molecule has 0 amide bonds. The Bertz CT molecular complexity index is 620. The lowest BCUT2D eigenvalue weighted by Crippen LogP contribution is -1.87. The van der Waals surface area contributed by atoms with Crippen LogP contribution in [0.1, 0.15) is 25.0 Å². The summed E-state index contributed by atoms with van der Waals surface area (Å²) >= 11 is 0. The molecule has 0 saturated heterocycles. The van der Waals surface area contributed by atoms with Crippen molar-refractivity contribution in [3.63, 3.8) is 0 Å². The van der Waals surface area contributed by atoms with Gasteiger partial charge in [-0.25, -0.2) is 0 Å². The lowest BCUT2D eigenvalue weighted by molar-refractivity contribution is 1.42. The van der Waals surface area contributed by atoms with E-state index in [-0.39, 0.29) is 0 Å². The second kappa shape index (κ2) is 5.38. The summed E-state index contributed by atoms with van der Waals surface area (Å²) in [5.41, 5.74) is 5.73. The van der Waals surface area contributed by atoms with Crippen molar-refractivity contribution >= 4 is 6.08 Å². The minimum absolute atomic E-state index is 0.937. The van der Waals surface area contributed by atoms with Crippen molar-refractivity contribution in [3.8, 4) is 23.5 Å². The molecule has 0 spiro atoms. The van der Waals surface area contributed by atoms with Crippen molar-refractivity contribution in [2.75, 3.05) is 0 Å². The molecule has 0 aromatic heterocycles. The molecule has 0 aliphatic carbocycles.